The van der Waals surface area contributed by atoms with Crippen molar-refractivity contribution < 1.29 is 18.3 Å². The lowest BCUT2D eigenvalue weighted by Gasteiger charge is -2.13. The monoisotopic (exact) mass is 246 g/mol. The summed E-state index contributed by atoms with van der Waals surface area (Å²) in [4.78, 5) is 0. The van der Waals surface area contributed by atoms with E-state index in [1.165, 1.54) is 0 Å². The number of benzene rings is 1. The highest BCUT2D eigenvalue weighted by Gasteiger charge is 2.16. The summed E-state index contributed by atoms with van der Waals surface area (Å²) in [6.07, 6.45) is 0.892. The van der Waals surface area contributed by atoms with Crippen molar-refractivity contribution in [3.63, 3.8) is 0 Å². The van der Waals surface area contributed by atoms with Gasteiger partial charge in [0.2, 0.25) is 0 Å². The summed E-state index contributed by atoms with van der Waals surface area (Å²) in [5.41, 5.74) is -0.173. The molecule has 1 rings (SSSR count). The van der Waals surface area contributed by atoms with E-state index in [0.717, 1.165) is 18.9 Å². The lowest BCUT2D eigenvalue weighted by atomic mass is 9.99. The van der Waals surface area contributed by atoms with Crippen molar-refractivity contribution in [2.75, 3.05) is 0 Å². The van der Waals surface area contributed by atoms with Crippen molar-refractivity contribution in [1.82, 2.24) is 0 Å². The maximum Gasteiger partial charge on any atom is 0.161 e. The Bertz CT molecular complexity index is 377. The van der Waals surface area contributed by atoms with Gasteiger partial charge in [-0.2, -0.15) is 0 Å². The Labute approximate surface area is 99.3 Å². The maximum absolute atomic E-state index is 13.3. The molecule has 1 aromatic rings. The van der Waals surface area contributed by atoms with Crippen molar-refractivity contribution in [2.24, 2.45) is 5.92 Å². The van der Waals surface area contributed by atoms with Crippen LogP contribution < -0.4 is 0 Å². The molecule has 0 bridgehead atoms. The standard InChI is InChI=1S/C13H17F3O/c1-8(2)4-3-5-13(17)9-6-11(15)12(16)7-10(9)14/h6-8,13,17H,3-5H2,1-2H3. The van der Waals surface area contributed by atoms with Gasteiger partial charge in [0.05, 0.1) is 6.10 Å². The molecule has 0 saturated carbocycles. The fourth-order valence-electron chi connectivity index (χ4n) is 1.67. The molecule has 0 aliphatic heterocycles. The van der Waals surface area contributed by atoms with Crippen molar-refractivity contribution in [1.29, 1.82) is 0 Å². The van der Waals surface area contributed by atoms with E-state index in [4.69, 9.17) is 0 Å². The summed E-state index contributed by atoms with van der Waals surface area (Å²) in [6.45, 7) is 4.09. The van der Waals surface area contributed by atoms with Crippen LogP contribution in [0.15, 0.2) is 12.1 Å². The molecule has 4 heteroatoms. The summed E-state index contributed by atoms with van der Waals surface area (Å²) in [6, 6.07) is 1.20. The topological polar surface area (TPSA) is 20.2 Å². The molecule has 0 aromatic heterocycles. The number of rotatable bonds is 5. The third-order valence-electron chi connectivity index (χ3n) is 2.66. The average molecular weight is 246 g/mol. The molecule has 1 aromatic carbocycles. The molecule has 96 valence electrons. The van der Waals surface area contributed by atoms with Gasteiger partial charge in [0, 0.05) is 11.6 Å². The van der Waals surface area contributed by atoms with Crippen LogP contribution >= 0.6 is 0 Å². The van der Waals surface area contributed by atoms with E-state index in [9.17, 15) is 18.3 Å². The predicted molar refractivity (Wildman–Crippen MR) is 60.0 cm³/mol. The zero-order valence-corrected chi connectivity index (χ0v) is 10.0. The summed E-state index contributed by atoms with van der Waals surface area (Å²) >= 11 is 0. The van der Waals surface area contributed by atoms with Gasteiger partial charge in [-0.25, -0.2) is 13.2 Å². The molecule has 17 heavy (non-hydrogen) atoms. The van der Waals surface area contributed by atoms with Crippen LogP contribution in [-0.4, -0.2) is 5.11 Å². The molecule has 0 aliphatic rings. The average Bonchev–Trinajstić information content (AvgIpc) is 2.22. The van der Waals surface area contributed by atoms with Crippen molar-refractivity contribution >= 4 is 0 Å². The second-order valence-electron chi connectivity index (χ2n) is 4.63. The highest BCUT2D eigenvalue weighted by atomic mass is 19.2. The second-order valence-corrected chi connectivity index (χ2v) is 4.63. The van der Waals surface area contributed by atoms with Gasteiger partial charge in [0.15, 0.2) is 11.6 Å². The van der Waals surface area contributed by atoms with Crippen LogP contribution in [0.4, 0.5) is 13.2 Å². The molecule has 0 radical (unpaired) electrons. The molecule has 1 N–H and O–H groups in total. The van der Waals surface area contributed by atoms with Gasteiger partial charge < -0.3 is 5.11 Å². The predicted octanol–water partition coefficient (Wildman–Crippen LogP) is 3.96. The van der Waals surface area contributed by atoms with E-state index >= 15 is 0 Å². The first-order valence-corrected chi connectivity index (χ1v) is 5.74. The molecule has 1 atom stereocenters. The first-order valence-electron chi connectivity index (χ1n) is 5.74. The Kier molecular flexibility index (Phi) is 5.00. The molecule has 0 aliphatic carbocycles. The highest BCUT2D eigenvalue weighted by Crippen LogP contribution is 2.25. The van der Waals surface area contributed by atoms with E-state index in [2.05, 4.69) is 0 Å². The molecular weight excluding hydrogens is 229 g/mol. The van der Waals surface area contributed by atoms with Crippen LogP contribution in [0.5, 0.6) is 0 Å². The molecular formula is C13H17F3O. The number of hydrogen-bond acceptors (Lipinski definition) is 1. The number of hydrogen-bond donors (Lipinski definition) is 1. The second kappa shape index (κ2) is 6.05. The normalized spacial score (nSPS) is 13.1. The first kappa shape index (κ1) is 14.0. The molecule has 1 unspecified atom stereocenters. The Morgan fingerprint density at radius 3 is 2.18 bits per heavy atom. The van der Waals surface area contributed by atoms with E-state index in [0.29, 0.717) is 18.4 Å². The van der Waals surface area contributed by atoms with E-state index in [1.54, 1.807) is 0 Å². The van der Waals surface area contributed by atoms with Gasteiger partial charge >= 0.3 is 0 Å². The van der Waals surface area contributed by atoms with Crippen LogP contribution in [-0.2, 0) is 0 Å². The minimum atomic E-state index is -1.24. The van der Waals surface area contributed by atoms with Crippen molar-refractivity contribution in [2.45, 2.75) is 39.2 Å². The molecule has 0 saturated heterocycles. The van der Waals surface area contributed by atoms with Crippen LogP contribution in [0, 0.1) is 23.4 Å². The zero-order chi connectivity index (χ0) is 13.0. The Hall–Kier alpha value is -1.03. The fraction of sp³-hybridized carbons (Fsp3) is 0.538. The molecule has 0 heterocycles. The largest absolute Gasteiger partial charge is 0.388 e. The number of aliphatic hydroxyl groups excluding tert-OH is 1. The first-order chi connectivity index (χ1) is 7.91. The van der Waals surface area contributed by atoms with Gasteiger partial charge in [-0.05, 0) is 18.4 Å². The minimum Gasteiger partial charge on any atom is -0.388 e. The van der Waals surface area contributed by atoms with Gasteiger partial charge in [-0.3, -0.25) is 0 Å². The fourth-order valence-corrected chi connectivity index (χ4v) is 1.67. The van der Waals surface area contributed by atoms with Gasteiger partial charge in [0.1, 0.15) is 5.82 Å². The maximum atomic E-state index is 13.3. The molecule has 1 nitrogen and oxygen atoms in total. The van der Waals surface area contributed by atoms with Gasteiger partial charge in [-0.1, -0.05) is 26.7 Å². The number of halogens is 3. The van der Waals surface area contributed by atoms with Crippen LogP contribution in [0.3, 0.4) is 0 Å². The summed E-state index contributed by atoms with van der Waals surface area (Å²) in [5.74, 6) is -2.78. The van der Waals surface area contributed by atoms with E-state index in [-0.39, 0.29) is 5.56 Å². The zero-order valence-electron chi connectivity index (χ0n) is 10.0. The van der Waals surface area contributed by atoms with Crippen LogP contribution in [0.25, 0.3) is 0 Å². The molecule has 0 amide bonds. The Balaban J connectivity index is 2.68. The highest BCUT2D eigenvalue weighted by molar-refractivity contribution is 5.22. The SMILES string of the molecule is CC(C)CCCC(O)c1cc(F)c(F)cc1F. The van der Waals surface area contributed by atoms with Crippen LogP contribution in [0.1, 0.15) is 44.8 Å². The van der Waals surface area contributed by atoms with Gasteiger partial charge in [0.25, 0.3) is 0 Å². The Morgan fingerprint density at radius 1 is 1.00 bits per heavy atom. The van der Waals surface area contributed by atoms with Crippen LogP contribution in [0.2, 0.25) is 0 Å². The lowest BCUT2D eigenvalue weighted by Crippen LogP contribution is -2.03. The van der Waals surface area contributed by atoms with Gasteiger partial charge in [-0.15, -0.1) is 0 Å². The number of aliphatic hydroxyl groups is 1. The molecule has 0 spiro atoms. The molecule has 0 fully saturated rings. The third-order valence-corrected chi connectivity index (χ3v) is 2.66. The Morgan fingerprint density at radius 2 is 1.59 bits per heavy atom. The summed E-state index contributed by atoms with van der Waals surface area (Å²) < 4.78 is 38.9. The van der Waals surface area contributed by atoms with E-state index < -0.39 is 23.6 Å². The lowest BCUT2D eigenvalue weighted by molar-refractivity contribution is 0.156. The third kappa shape index (κ3) is 4.04. The summed E-state index contributed by atoms with van der Waals surface area (Å²) in [7, 11) is 0. The quantitative estimate of drug-likeness (QED) is 0.779. The minimum absolute atomic E-state index is 0.173. The smallest absolute Gasteiger partial charge is 0.161 e. The van der Waals surface area contributed by atoms with Crippen molar-refractivity contribution in [3.05, 3.63) is 35.1 Å². The summed E-state index contributed by atoms with van der Waals surface area (Å²) in [5, 5.41) is 9.70. The van der Waals surface area contributed by atoms with Crippen molar-refractivity contribution in [3.8, 4) is 0 Å². The van der Waals surface area contributed by atoms with E-state index in [1.807, 2.05) is 13.8 Å².